The molecule has 2 aromatic rings. The summed E-state index contributed by atoms with van der Waals surface area (Å²) in [5, 5.41) is 4.54. The zero-order valence-electron chi connectivity index (χ0n) is 14.1. The summed E-state index contributed by atoms with van der Waals surface area (Å²) < 4.78 is 64.0. The van der Waals surface area contributed by atoms with Gasteiger partial charge in [-0.15, -0.1) is 0 Å². The Balaban J connectivity index is 1.97. The van der Waals surface area contributed by atoms with E-state index in [0.29, 0.717) is 31.4 Å². The van der Waals surface area contributed by atoms with E-state index in [9.17, 15) is 21.6 Å². The number of aryl methyl sites for hydroxylation is 1. The maximum Gasteiger partial charge on any atom is 0.434 e. The number of alkyl halides is 3. The van der Waals surface area contributed by atoms with E-state index in [1.807, 2.05) is 6.92 Å². The van der Waals surface area contributed by atoms with Gasteiger partial charge in [-0.1, -0.05) is 0 Å². The van der Waals surface area contributed by atoms with Gasteiger partial charge in [-0.3, -0.25) is 4.98 Å². The van der Waals surface area contributed by atoms with E-state index in [2.05, 4.69) is 9.97 Å². The standard InChI is InChI=1S/C16H19F3N4O2S/c1-10-6-7-21-13(8-10)15-22-14(16(17,18)19)9-23(15)11-2-4-12(5-3-11)26(20,24)25/h6-9,11-12H,2-5H2,1H3,(H2,20,24,25). The van der Waals surface area contributed by atoms with Gasteiger partial charge in [0.15, 0.2) is 11.5 Å². The van der Waals surface area contributed by atoms with Crippen molar-refractivity contribution in [2.45, 2.75) is 50.1 Å². The molecule has 0 radical (unpaired) electrons. The van der Waals surface area contributed by atoms with Gasteiger partial charge in [0.2, 0.25) is 10.0 Å². The summed E-state index contributed by atoms with van der Waals surface area (Å²) in [6, 6.07) is 3.14. The molecular formula is C16H19F3N4O2S. The number of nitrogens with zero attached hydrogens (tertiary/aromatic N) is 3. The zero-order valence-corrected chi connectivity index (χ0v) is 14.9. The first kappa shape index (κ1) is 18.8. The molecule has 6 nitrogen and oxygen atoms in total. The summed E-state index contributed by atoms with van der Waals surface area (Å²) in [5.41, 5.74) is 0.231. The van der Waals surface area contributed by atoms with Crippen LogP contribution in [-0.2, 0) is 16.2 Å². The summed E-state index contributed by atoms with van der Waals surface area (Å²) in [7, 11) is -3.63. The number of sulfonamides is 1. The monoisotopic (exact) mass is 388 g/mol. The molecule has 1 aliphatic carbocycles. The maximum absolute atomic E-state index is 13.2. The average molecular weight is 388 g/mol. The van der Waals surface area contributed by atoms with Crippen molar-refractivity contribution in [3.63, 3.8) is 0 Å². The Morgan fingerprint density at radius 1 is 1.23 bits per heavy atom. The number of hydrogen-bond donors (Lipinski definition) is 1. The van der Waals surface area contributed by atoms with Crippen molar-refractivity contribution >= 4 is 10.0 Å². The maximum atomic E-state index is 13.2. The number of imidazole rings is 1. The SMILES string of the molecule is Cc1ccnc(-c2nc(C(F)(F)F)cn2C2CCC(S(N)(=O)=O)CC2)c1. The van der Waals surface area contributed by atoms with Gasteiger partial charge in [-0.25, -0.2) is 18.5 Å². The van der Waals surface area contributed by atoms with Crippen LogP contribution in [0.15, 0.2) is 24.5 Å². The van der Waals surface area contributed by atoms with Crippen LogP contribution in [0, 0.1) is 6.92 Å². The highest BCUT2D eigenvalue weighted by atomic mass is 32.2. The number of pyridine rings is 1. The van der Waals surface area contributed by atoms with Gasteiger partial charge < -0.3 is 4.57 Å². The summed E-state index contributed by atoms with van der Waals surface area (Å²) >= 11 is 0. The second-order valence-corrected chi connectivity index (χ2v) is 8.44. The van der Waals surface area contributed by atoms with Gasteiger partial charge in [0, 0.05) is 18.4 Å². The van der Waals surface area contributed by atoms with Crippen molar-refractivity contribution in [1.29, 1.82) is 0 Å². The molecule has 142 valence electrons. The Morgan fingerprint density at radius 3 is 2.42 bits per heavy atom. The van der Waals surface area contributed by atoms with Gasteiger partial charge in [0.05, 0.1) is 5.25 Å². The predicted molar refractivity (Wildman–Crippen MR) is 89.6 cm³/mol. The fourth-order valence-corrected chi connectivity index (χ4v) is 4.24. The minimum Gasteiger partial charge on any atom is -0.326 e. The minimum atomic E-state index is -4.57. The Morgan fingerprint density at radius 2 is 1.88 bits per heavy atom. The van der Waals surface area contributed by atoms with Gasteiger partial charge in [0.25, 0.3) is 0 Å². The lowest BCUT2D eigenvalue weighted by Crippen LogP contribution is -2.33. The molecule has 0 aliphatic heterocycles. The van der Waals surface area contributed by atoms with Crippen LogP contribution in [-0.4, -0.2) is 28.2 Å². The number of rotatable bonds is 3. The first-order valence-electron chi connectivity index (χ1n) is 8.16. The van der Waals surface area contributed by atoms with Crippen molar-refractivity contribution in [2.24, 2.45) is 5.14 Å². The smallest absolute Gasteiger partial charge is 0.326 e. The van der Waals surface area contributed by atoms with E-state index in [1.54, 1.807) is 12.1 Å². The highest BCUT2D eigenvalue weighted by Gasteiger charge is 2.37. The van der Waals surface area contributed by atoms with Crippen LogP contribution in [0.4, 0.5) is 13.2 Å². The lowest BCUT2D eigenvalue weighted by Gasteiger charge is -2.29. The lowest BCUT2D eigenvalue weighted by atomic mass is 9.94. The van der Waals surface area contributed by atoms with Crippen LogP contribution in [0.5, 0.6) is 0 Å². The Labute approximate surface area is 149 Å². The predicted octanol–water partition coefficient (Wildman–Crippen LogP) is 3.04. The average Bonchev–Trinajstić information content (AvgIpc) is 3.00. The van der Waals surface area contributed by atoms with Crippen LogP contribution in [0.2, 0.25) is 0 Å². The lowest BCUT2D eigenvalue weighted by molar-refractivity contribution is -0.140. The van der Waals surface area contributed by atoms with Gasteiger partial charge >= 0.3 is 6.18 Å². The van der Waals surface area contributed by atoms with Crippen molar-refractivity contribution in [3.8, 4) is 11.5 Å². The van der Waals surface area contributed by atoms with Gasteiger partial charge in [0.1, 0.15) is 5.69 Å². The number of primary sulfonamides is 1. The molecule has 0 bridgehead atoms. The van der Waals surface area contributed by atoms with E-state index in [-0.39, 0.29) is 11.9 Å². The molecule has 0 aromatic carbocycles. The molecule has 10 heteroatoms. The number of aromatic nitrogens is 3. The first-order chi connectivity index (χ1) is 12.1. The molecule has 2 N–H and O–H groups in total. The molecular weight excluding hydrogens is 369 g/mol. The molecule has 0 atom stereocenters. The third-order valence-corrected chi connectivity index (χ3v) is 6.07. The Kier molecular flexibility index (Phi) is 4.82. The van der Waals surface area contributed by atoms with Crippen molar-refractivity contribution in [1.82, 2.24) is 14.5 Å². The van der Waals surface area contributed by atoms with Gasteiger partial charge in [-0.05, 0) is 50.3 Å². The molecule has 0 spiro atoms. The van der Waals surface area contributed by atoms with E-state index in [1.165, 1.54) is 10.8 Å². The van der Waals surface area contributed by atoms with Crippen LogP contribution in [0.3, 0.4) is 0 Å². The normalized spacial score (nSPS) is 21.7. The van der Waals surface area contributed by atoms with E-state index in [4.69, 9.17) is 5.14 Å². The van der Waals surface area contributed by atoms with Crippen molar-refractivity contribution in [2.75, 3.05) is 0 Å². The molecule has 26 heavy (non-hydrogen) atoms. The molecule has 2 aromatic heterocycles. The molecule has 0 unspecified atom stereocenters. The minimum absolute atomic E-state index is 0.139. The topological polar surface area (TPSA) is 90.9 Å². The van der Waals surface area contributed by atoms with Crippen LogP contribution in [0.25, 0.3) is 11.5 Å². The summed E-state index contributed by atoms with van der Waals surface area (Å²) in [4.78, 5) is 7.92. The highest BCUT2D eigenvalue weighted by Crippen LogP contribution is 2.37. The number of nitrogens with two attached hydrogens (primary N) is 1. The van der Waals surface area contributed by atoms with E-state index in [0.717, 1.165) is 11.8 Å². The summed E-state index contributed by atoms with van der Waals surface area (Å²) in [6.07, 6.45) is -0.619. The van der Waals surface area contributed by atoms with Crippen molar-refractivity contribution in [3.05, 3.63) is 35.8 Å². The summed E-state index contributed by atoms with van der Waals surface area (Å²) in [5.74, 6) is 0.139. The van der Waals surface area contributed by atoms with E-state index < -0.39 is 27.1 Å². The highest BCUT2D eigenvalue weighted by molar-refractivity contribution is 7.89. The number of halogens is 3. The van der Waals surface area contributed by atoms with Crippen LogP contribution < -0.4 is 5.14 Å². The quantitative estimate of drug-likeness (QED) is 0.875. The second kappa shape index (κ2) is 6.66. The van der Waals surface area contributed by atoms with Crippen LogP contribution >= 0.6 is 0 Å². The summed E-state index contributed by atoms with van der Waals surface area (Å²) in [6.45, 7) is 1.82. The number of hydrogen-bond acceptors (Lipinski definition) is 4. The molecule has 3 rings (SSSR count). The molecule has 0 saturated heterocycles. The fourth-order valence-electron chi connectivity index (χ4n) is 3.31. The third kappa shape index (κ3) is 3.90. The molecule has 1 aliphatic rings. The third-order valence-electron chi connectivity index (χ3n) is 4.67. The Hall–Kier alpha value is -1.94. The molecule has 1 fully saturated rings. The van der Waals surface area contributed by atoms with E-state index >= 15 is 0 Å². The zero-order chi connectivity index (χ0) is 19.1. The Bertz CT molecular complexity index is 900. The molecule has 1 saturated carbocycles. The largest absolute Gasteiger partial charge is 0.434 e. The van der Waals surface area contributed by atoms with Gasteiger partial charge in [-0.2, -0.15) is 13.2 Å². The fraction of sp³-hybridized carbons (Fsp3) is 0.500. The molecule has 0 amide bonds. The van der Waals surface area contributed by atoms with Crippen molar-refractivity contribution < 1.29 is 21.6 Å². The molecule has 2 heterocycles. The van der Waals surface area contributed by atoms with Crippen LogP contribution in [0.1, 0.15) is 43.0 Å². The second-order valence-electron chi connectivity index (χ2n) is 6.59. The first-order valence-corrected chi connectivity index (χ1v) is 9.77.